The molecule has 2 aromatic carbocycles. The van der Waals surface area contributed by atoms with Crippen LogP contribution in [0.3, 0.4) is 0 Å². The average Bonchev–Trinajstić information content (AvgIpc) is 2.94. The van der Waals surface area contributed by atoms with Crippen molar-refractivity contribution in [2.24, 2.45) is 0 Å². The van der Waals surface area contributed by atoms with Crippen molar-refractivity contribution in [3.63, 3.8) is 0 Å². The number of fused-ring (bicyclic) bond motifs is 1. The van der Waals surface area contributed by atoms with E-state index in [0.717, 1.165) is 16.5 Å². The summed E-state index contributed by atoms with van der Waals surface area (Å²) in [4.78, 5) is 0.251. The van der Waals surface area contributed by atoms with Crippen LogP contribution in [-0.4, -0.2) is 18.6 Å². The van der Waals surface area contributed by atoms with Gasteiger partial charge in [0.2, 0.25) is 0 Å². The van der Waals surface area contributed by atoms with Crippen LogP contribution < -0.4 is 4.72 Å². The maximum Gasteiger partial charge on any atom is 0.261 e. The lowest BCUT2D eigenvalue weighted by Gasteiger charge is -2.10. The topological polar surface area (TPSA) is 74.8 Å². The van der Waals surface area contributed by atoms with Crippen LogP contribution in [0.2, 0.25) is 0 Å². The average molecular weight is 315 g/mol. The lowest BCUT2D eigenvalue weighted by Crippen LogP contribution is -2.12. The van der Waals surface area contributed by atoms with E-state index in [2.05, 4.69) is 28.8 Å². The van der Waals surface area contributed by atoms with E-state index >= 15 is 0 Å². The highest BCUT2D eigenvalue weighted by Crippen LogP contribution is 2.22. The molecule has 114 valence electrons. The van der Waals surface area contributed by atoms with E-state index in [0.29, 0.717) is 11.6 Å². The lowest BCUT2D eigenvalue weighted by molar-refractivity contribution is 0.601. The monoisotopic (exact) mass is 315 g/mol. The molecule has 0 aliphatic heterocycles. The fourth-order valence-corrected chi connectivity index (χ4v) is 3.30. The van der Waals surface area contributed by atoms with Crippen LogP contribution in [0.5, 0.6) is 0 Å². The van der Waals surface area contributed by atoms with Crippen molar-refractivity contribution in [2.45, 2.75) is 24.7 Å². The van der Waals surface area contributed by atoms with Gasteiger partial charge < -0.3 is 0 Å². The quantitative estimate of drug-likeness (QED) is 0.774. The standard InChI is InChI=1S/C16H17N3O2S/c1-11(2)12-4-7-15(8-5-12)22(20,21)19-14-6-3-13-10-17-18-16(13)9-14/h3-11,19H,1-2H3,(H,17,18). The van der Waals surface area contributed by atoms with E-state index in [4.69, 9.17) is 0 Å². The molecule has 0 spiro atoms. The zero-order valence-electron chi connectivity index (χ0n) is 12.4. The third-order valence-corrected chi connectivity index (χ3v) is 4.95. The minimum Gasteiger partial charge on any atom is -0.280 e. The van der Waals surface area contributed by atoms with Crippen LogP contribution in [0.4, 0.5) is 5.69 Å². The Balaban J connectivity index is 1.88. The molecule has 0 saturated carbocycles. The van der Waals surface area contributed by atoms with E-state index in [9.17, 15) is 8.42 Å². The molecule has 0 amide bonds. The summed E-state index contributed by atoms with van der Waals surface area (Å²) in [6, 6.07) is 12.2. The molecule has 0 saturated heterocycles. The Morgan fingerprint density at radius 3 is 2.50 bits per heavy atom. The van der Waals surface area contributed by atoms with Gasteiger partial charge in [-0.2, -0.15) is 5.10 Å². The fourth-order valence-electron chi connectivity index (χ4n) is 2.25. The molecule has 0 bridgehead atoms. The smallest absolute Gasteiger partial charge is 0.261 e. The first-order valence-corrected chi connectivity index (χ1v) is 8.50. The number of sulfonamides is 1. The molecule has 0 radical (unpaired) electrons. The number of aromatic amines is 1. The SMILES string of the molecule is CC(C)c1ccc(S(=O)(=O)Nc2ccc3cn[nH]c3c2)cc1. The van der Waals surface area contributed by atoms with Gasteiger partial charge >= 0.3 is 0 Å². The molecule has 0 unspecified atom stereocenters. The van der Waals surface area contributed by atoms with E-state index in [1.54, 1.807) is 30.5 Å². The Hall–Kier alpha value is -2.34. The third kappa shape index (κ3) is 2.82. The number of hydrogen-bond acceptors (Lipinski definition) is 3. The molecule has 0 aliphatic rings. The summed E-state index contributed by atoms with van der Waals surface area (Å²) >= 11 is 0. The van der Waals surface area contributed by atoms with Crippen molar-refractivity contribution in [2.75, 3.05) is 4.72 Å². The molecule has 3 rings (SSSR count). The highest BCUT2D eigenvalue weighted by Gasteiger charge is 2.14. The molecule has 3 aromatic rings. The van der Waals surface area contributed by atoms with Gasteiger partial charge in [0.15, 0.2) is 0 Å². The Labute approximate surface area is 129 Å². The van der Waals surface area contributed by atoms with E-state index < -0.39 is 10.0 Å². The minimum atomic E-state index is -3.59. The van der Waals surface area contributed by atoms with Crippen molar-refractivity contribution in [1.29, 1.82) is 0 Å². The molecule has 22 heavy (non-hydrogen) atoms. The molecular formula is C16H17N3O2S. The number of rotatable bonds is 4. The van der Waals surface area contributed by atoms with E-state index in [1.807, 2.05) is 18.2 Å². The first-order valence-electron chi connectivity index (χ1n) is 7.01. The predicted octanol–water partition coefficient (Wildman–Crippen LogP) is 3.49. The van der Waals surface area contributed by atoms with Crippen molar-refractivity contribution in [1.82, 2.24) is 10.2 Å². The molecule has 2 N–H and O–H groups in total. The van der Waals surface area contributed by atoms with Crippen LogP contribution in [0.15, 0.2) is 53.6 Å². The second kappa shape index (κ2) is 5.46. The number of hydrogen-bond donors (Lipinski definition) is 2. The van der Waals surface area contributed by atoms with Gasteiger partial charge in [-0.15, -0.1) is 0 Å². The lowest BCUT2D eigenvalue weighted by atomic mass is 10.0. The summed E-state index contributed by atoms with van der Waals surface area (Å²) in [6.45, 7) is 4.14. The van der Waals surface area contributed by atoms with E-state index in [1.165, 1.54) is 0 Å². The Kier molecular flexibility index (Phi) is 3.62. The molecular weight excluding hydrogens is 298 g/mol. The second-order valence-electron chi connectivity index (χ2n) is 5.50. The normalized spacial score (nSPS) is 12.0. The van der Waals surface area contributed by atoms with Gasteiger partial charge in [-0.1, -0.05) is 26.0 Å². The Morgan fingerprint density at radius 2 is 1.82 bits per heavy atom. The van der Waals surface area contributed by atoms with Crippen molar-refractivity contribution >= 4 is 26.6 Å². The summed E-state index contributed by atoms with van der Waals surface area (Å²) in [6.07, 6.45) is 1.69. The zero-order chi connectivity index (χ0) is 15.7. The Bertz CT molecular complexity index is 897. The number of nitrogens with one attached hydrogen (secondary N) is 2. The highest BCUT2D eigenvalue weighted by molar-refractivity contribution is 7.92. The fraction of sp³-hybridized carbons (Fsp3) is 0.188. The first kappa shape index (κ1) is 14.6. The Morgan fingerprint density at radius 1 is 1.09 bits per heavy atom. The molecule has 6 heteroatoms. The number of anilines is 1. The van der Waals surface area contributed by atoms with Crippen LogP contribution in [0, 0.1) is 0 Å². The third-order valence-electron chi connectivity index (χ3n) is 3.55. The summed E-state index contributed by atoms with van der Waals surface area (Å²) in [5.74, 6) is 0.368. The van der Waals surface area contributed by atoms with Gasteiger partial charge in [-0.25, -0.2) is 8.42 Å². The molecule has 0 atom stereocenters. The van der Waals surface area contributed by atoms with Gasteiger partial charge in [0, 0.05) is 5.39 Å². The van der Waals surface area contributed by atoms with E-state index in [-0.39, 0.29) is 4.90 Å². The van der Waals surface area contributed by atoms with Crippen molar-refractivity contribution < 1.29 is 8.42 Å². The molecule has 5 nitrogen and oxygen atoms in total. The van der Waals surface area contributed by atoms with Gasteiger partial charge in [0.05, 0.1) is 22.3 Å². The van der Waals surface area contributed by atoms with Crippen molar-refractivity contribution in [3.05, 3.63) is 54.2 Å². The summed E-state index contributed by atoms with van der Waals surface area (Å²) in [5.41, 5.74) is 2.40. The maximum atomic E-state index is 12.4. The van der Waals surface area contributed by atoms with Crippen LogP contribution in [-0.2, 0) is 10.0 Å². The highest BCUT2D eigenvalue weighted by atomic mass is 32.2. The van der Waals surface area contributed by atoms with Crippen LogP contribution >= 0.6 is 0 Å². The molecule has 1 aromatic heterocycles. The second-order valence-corrected chi connectivity index (χ2v) is 7.18. The summed E-state index contributed by atoms with van der Waals surface area (Å²) < 4.78 is 27.4. The predicted molar refractivity (Wildman–Crippen MR) is 87.4 cm³/mol. The van der Waals surface area contributed by atoms with Crippen LogP contribution in [0.25, 0.3) is 10.9 Å². The van der Waals surface area contributed by atoms with Gasteiger partial charge in [-0.3, -0.25) is 9.82 Å². The number of aromatic nitrogens is 2. The van der Waals surface area contributed by atoms with Gasteiger partial charge in [-0.05, 0) is 41.8 Å². The number of benzene rings is 2. The van der Waals surface area contributed by atoms with Crippen molar-refractivity contribution in [3.8, 4) is 0 Å². The molecule has 0 aliphatic carbocycles. The van der Waals surface area contributed by atoms with Gasteiger partial charge in [0.25, 0.3) is 10.0 Å². The summed E-state index contributed by atoms with van der Waals surface area (Å²) in [7, 11) is -3.59. The first-order chi connectivity index (χ1) is 10.5. The number of nitrogens with zero attached hydrogens (tertiary/aromatic N) is 1. The molecule has 1 heterocycles. The minimum absolute atomic E-state index is 0.251. The maximum absolute atomic E-state index is 12.4. The molecule has 0 fully saturated rings. The summed E-state index contributed by atoms with van der Waals surface area (Å²) in [5, 5.41) is 7.68. The largest absolute Gasteiger partial charge is 0.280 e. The zero-order valence-corrected chi connectivity index (χ0v) is 13.2. The van der Waals surface area contributed by atoms with Gasteiger partial charge in [0.1, 0.15) is 0 Å². The van der Waals surface area contributed by atoms with Crippen LogP contribution in [0.1, 0.15) is 25.3 Å². The number of H-pyrrole nitrogens is 1.